The average Bonchev–Trinajstić information content (AvgIpc) is 1.85. The first-order chi connectivity index (χ1) is 4.66. The normalized spacial score (nSPS) is 12.2. The molecule has 0 radical (unpaired) electrons. The zero-order valence-corrected chi connectivity index (χ0v) is 6.69. The second kappa shape index (κ2) is 4.98. The van der Waals surface area contributed by atoms with Crippen LogP contribution in [-0.2, 0) is 0 Å². The molecule has 0 fully saturated rings. The first-order valence-corrected chi connectivity index (χ1v) is 3.30. The molecule has 56 valence electrons. The van der Waals surface area contributed by atoms with E-state index in [1.807, 2.05) is 13.8 Å². The Kier molecular flexibility index (Phi) is 4.55. The number of hydrogen-bond acceptors (Lipinski definition) is 0. The maximum Gasteiger partial charge on any atom is 0.122 e. The number of rotatable bonds is 2. The van der Waals surface area contributed by atoms with Crippen molar-refractivity contribution in [2.24, 2.45) is 0 Å². The van der Waals surface area contributed by atoms with Crippen LogP contribution in [-0.4, -0.2) is 0 Å². The van der Waals surface area contributed by atoms with Gasteiger partial charge in [0, 0.05) is 0 Å². The number of halogens is 1. The lowest BCUT2D eigenvalue weighted by molar-refractivity contribution is 0.667. The van der Waals surface area contributed by atoms with Crippen LogP contribution in [0.2, 0.25) is 0 Å². The van der Waals surface area contributed by atoms with E-state index in [4.69, 9.17) is 0 Å². The predicted octanol–water partition coefficient (Wildman–Crippen LogP) is 3.38. The highest BCUT2D eigenvalue weighted by molar-refractivity contribution is 5.19. The highest BCUT2D eigenvalue weighted by atomic mass is 19.1. The Bertz CT molecular complexity index is 169. The topological polar surface area (TPSA) is 0 Å². The third-order valence-corrected chi connectivity index (χ3v) is 0.902. The fourth-order valence-electron chi connectivity index (χ4n) is 0.461. The van der Waals surface area contributed by atoms with Crippen molar-refractivity contribution in [1.82, 2.24) is 0 Å². The number of hydrogen-bond donors (Lipinski definition) is 0. The van der Waals surface area contributed by atoms with Gasteiger partial charge in [-0.25, -0.2) is 4.39 Å². The van der Waals surface area contributed by atoms with E-state index in [2.05, 4.69) is 0 Å². The largest absolute Gasteiger partial charge is 0.207 e. The monoisotopic (exact) mass is 140 g/mol. The summed E-state index contributed by atoms with van der Waals surface area (Å²) in [6, 6.07) is 0. The minimum atomic E-state index is -0.205. The number of allylic oxidation sites excluding steroid dienone is 6. The van der Waals surface area contributed by atoms with Crippen molar-refractivity contribution in [1.29, 1.82) is 0 Å². The van der Waals surface area contributed by atoms with Crippen LogP contribution >= 0.6 is 0 Å². The maximum absolute atomic E-state index is 12.5. The minimum absolute atomic E-state index is 0.205. The molecule has 0 aliphatic heterocycles. The van der Waals surface area contributed by atoms with E-state index in [1.165, 1.54) is 12.2 Å². The average molecular weight is 140 g/mol. The molecule has 0 aromatic rings. The van der Waals surface area contributed by atoms with Gasteiger partial charge in [0.1, 0.15) is 5.83 Å². The van der Waals surface area contributed by atoms with Crippen molar-refractivity contribution in [2.45, 2.75) is 20.8 Å². The van der Waals surface area contributed by atoms with E-state index in [0.717, 1.165) is 5.57 Å². The molecule has 0 aliphatic carbocycles. The van der Waals surface area contributed by atoms with E-state index in [1.54, 1.807) is 19.1 Å². The standard InChI is InChI=1S/C9H13F/c1-4-5-9(10)7-6-8(2)3/h4-7H,1-3H3/b5-4?,9-7+. The summed E-state index contributed by atoms with van der Waals surface area (Å²) in [6.45, 7) is 5.65. The molecule has 0 bridgehead atoms. The fraction of sp³-hybridized carbons (Fsp3) is 0.333. The Hall–Kier alpha value is -0.850. The Morgan fingerprint density at radius 3 is 2.20 bits per heavy atom. The van der Waals surface area contributed by atoms with Crippen LogP contribution < -0.4 is 0 Å². The van der Waals surface area contributed by atoms with Gasteiger partial charge in [-0.05, 0) is 32.9 Å². The zero-order valence-electron chi connectivity index (χ0n) is 6.69. The minimum Gasteiger partial charge on any atom is -0.207 e. The second-order valence-corrected chi connectivity index (χ2v) is 2.30. The summed E-state index contributed by atoms with van der Waals surface area (Å²) in [6.07, 6.45) is 6.30. The molecule has 0 aromatic heterocycles. The Labute approximate surface area is 61.8 Å². The van der Waals surface area contributed by atoms with Crippen molar-refractivity contribution in [3.8, 4) is 0 Å². The first kappa shape index (κ1) is 9.15. The Balaban J connectivity index is 4.05. The molecular weight excluding hydrogens is 127 g/mol. The second-order valence-electron chi connectivity index (χ2n) is 2.30. The lowest BCUT2D eigenvalue weighted by Gasteiger charge is -1.83. The lowest BCUT2D eigenvalue weighted by Crippen LogP contribution is -1.64. The van der Waals surface area contributed by atoms with Crippen LogP contribution in [0.5, 0.6) is 0 Å². The SMILES string of the molecule is CC=C/C(F)=C\C=C(C)C. The third-order valence-electron chi connectivity index (χ3n) is 0.902. The Morgan fingerprint density at radius 2 is 1.80 bits per heavy atom. The van der Waals surface area contributed by atoms with Crippen molar-refractivity contribution < 1.29 is 4.39 Å². The summed E-state index contributed by atoms with van der Waals surface area (Å²) in [7, 11) is 0. The van der Waals surface area contributed by atoms with Crippen molar-refractivity contribution in [3.63, 3.8) is 0 Å². The molecular formula is C9H13F. The Morgan fingerprint density at radius 1 is 1.20 bits per heavy atom. The van der Waals surface area contributed by atoms with Crippen molar-refractivity contribution in [3.05, 3.63) is 35.7 Å². The fourth-order valence-corrected chi connectivity index (χ4v) is 0.461. The molecule has 0 rings (SSSR count). The van der Waals surface area contributed by atoms with E-state index in [9.17, 15) is 4.39 Å². The summed E-state index contributed by atoms with van der Waals surface area (Å²) in [5.41, 5.74) is 1.10. The molecule has 0 aromatic carbocycles. The third kappa shape index (κ3) is 5.29. The molecule has 10 heavy (non-hydrogen) atoms. The van der Waals surface area contributed by atoms with Gasteiger partial charge in [0.2, 0.25) is 0 Å². The van der Waals surface area contributed by atoms with Crippen LogP contribution in [0.3, 0.4) is 0 Å². The molecule has 0 heterocycles. The van der Waals surface area contributed by atoms with Gasteiger partial charge in [-0.15, -0.1) is 0 Å². The van der Waals surface area contributed by atoms with Gasteiger partial charge in [-0.2, -0.15) is 0 Å². The van der Waals surface area contributed by atoms with Crippen LogP contribution in [0.4, 0.5) is 4.39 Å². The van der Waals surface area contributed by atoms with Gasteiger partial charge < -0.3 is 0 Å². The molecule has 0 amide bonds. The maximum atomic E-state index is 12.5. The van der Waals surface area contributed by atoms with E-state index in [0.29, 0.717) is 0 Å². The van der Waals surface area contributed by atoms with Gasteiger partial charge in [-0.1, -0.05) is 17.7 Å². The molecule has 0 N–H and O–H groups in total. The van der Waals surface area contributed by atoms with E-state index < -0.39 is 0 Å². The van der Waals surface area contributed by atoms with Crippen LogP contribution in [0, 0.1) is 0 Å². The summed E-state index contributed by atoms with van der Waals surface area (Å²) in [4.78, 5) is 0. The van der Waals surface area contributed by atoms with E-state index >= 15 is 0 Å². The zero-order chi connectivity index (χ0) is 7.98. The summed E-state index contributed by atoms with van der Waals surface area (Å²) < 4.78 is 12.5. The van der Waals surface area contributed by atoms with Gasteiger partial charge in [-0.3, -0.25) is 0 Å². The molecule has 0 aliphatic rings. The molecule has 0 unspecified atom stereocenters. The summed E-state index contributed by atoms with van der Waals surface area (Å²) in [5, 5.41) is 0. The summed E-state index contributed by atoms with van der Waals surface area (Å²) in [5.74, 6) is -0.205. The van der Waals surface area contributed by atoms with Crippen LogP contribution in [0.15, 0.2) is 35.7 Å². The summed E-state index contributed by atoms with van der Waals surface area (Å²) >= 11 is 0. The quantitative estimate of drug-likeness (QED) is 0.516. The molecule has 0 saturated heterocycles. The van der Waals surface area contributed by atoms with Crippen molar-refractivity contribution in [2.75, 3.05) is 0 Å². The molecule has 0 spiro atoms. The van der Waals surface area contributed by atoms with Crippen LogP contribution in [0.25, 0.3) is 0 Å². The predicted molar refractivity (Wildman–Crippen MR) is 43.4 cm³/mol. The lowest BCUT2D eigenvalue weighted by atomic mass is 10.3. The molecule has 1 heteroatoms. The van der Waals surface area contributed by atoms with Gasteiger partial charge >= 0.3 is 0 Å². The van der Waals surface area contributed by atoms with E-state index in [-0.39, 0.29) is 5.83 Å². The van der Waals surface area contributed by atoms with Gasteiger partial charge in [0.15, 0.2) is 0 Å². The smallest absolute Gasteiger partial charge is 0.122 e. The van der Waals surface area contributed by atoms with Gasteiger partial charge in [0.05, 0.1) is 0 Å². The highest BCUT2D eigenvalue weighted by Gasteiger charge is 1.81. The highest BCUT2D eigenvalue weighted by Crippen LogP contribution is 2.00. The first-order valence-electron chi connectivity index (χ1n) is 3.30. The van der Waals surface area contributed by atoms with Crippen LogP contribution in [0.1, 0.15) is 20.8 Å². The molecule has 0 nitrogen and oxygen atoms in total. The van der Waals surface area contributed by atoms with Crippen molar-refractivity contribution >= 4 is 0 Å². The molecule has 0 atom stereocenters. The molecule has 0 saturated carbocycles. The van der Waals surface area contributed by atoms with Gasteiger partial charge in [0.25, 0.3) is 0 Å².